The second kappa shape index (κ2) is 11.0. The van der Waals surface area contributed by atoms with Crippen LogP contribution in [0.15, 0.2) is 77.7 Å². The molecule has 0 atom stereocenters. The van der Waals surface area contributed by atoms with Crippen molar-refractivity contribution < 1.29 is 17.9 Å². The summed E-state index contributed by atoms with van der Waals surface area (Å²) in [5.74, 6) is -0.259. The maximum atomic E-state index is 13.0. The summed E-state index contributed by atoms with van der Waals surface area (Å²) in [6, 6.07) is 21.5. The van der Waals surface area contributed by atoms with E-state index in [2.05, 4.69) is 22.3 Å². The standard InChI is InChI=1S/C27H31N3O4S/c1-21-6-12-26(13-7-21)35(32,33)29(2)25-5-3-4-24(18-25)27(31)28-19-22-8-10-23(11-9-22)20-30-14-16-34-17-15-30/h3-13,18H,14-17,19-20H2,1-2H3,(H,28,31). The molecule has 0 radical (unpaired) electrons. The van der Waals surface area contributed by atoms with Crippen molar-refractivity contribution in [2.24, 2.45) is 0 Å². The van der Waals surface area contributed by atoms with Gasteiger partial charge in [-0.2, -0.15) is 0 Å². The van der Waals surface area contributed by atoms with Gasteiger partial charge in [-0.25, -0.2) is 8.42 Å². The van der Waals surface area contributed by atoms with Crippen LogP contribution in [0.25, 0.3) is 0 Å². The molecule has 1 saturated heterocycles. The molecule has 1 fully saturated rings. The summed E-state index contributed by atoms with van der Waals surface area (Å²) in [5, 5.41) is 2.93. The normalized spacial score (nSPS) is 14.5. The monoisotopic (exact) mass is 493 g/mol. The number of ether oxygens (including phenoxy) is 1. The number of amides is 1. The number of carbonyl (C=O) groups is 1. The largest absolute Gasteiger partial charge is 0.379 e. The lowest BCUT2D eigenvalue weighted by molar-refractivity contribution is 0.0342. The molecule has 1 N–H and O–H groups in total. The van der Waals surface area contributed by atoms with Crippen molar-refractivity contribution in [2.45, 2.75) is 24.9 Å². The minimum absolute atomic E-state index is 0.206. The van der Waals surface area contributed by atoms with Gasteiger partial charge in [0.25, 0.3) is 15.9 Å². The number of sulfonamides is 1. The number of hydrogen-bond donors (Lipinski definition) is 1. The Morgan fingerprint density at radius 3 is 2.31 bits per heavy atom. The van der Waals surface area contributed by atoms with E-state index in [9.17, 15) is 13.2 Å². The Morgan fingerprint density at radius 1 is 0.971 bits per heavy atom. The second-order valence-corrected chi connectivity index (χ2v) is 10.7. The average Bonchev–Trinajstić information content (AvgIpc) is 2.88. The van der Waals surface area contributed by atoms with E-state index in [1.165, 1.54) is 16.9 Å². The van der Waals surface area contributed by atoms with Crippen molar-refractivity contribution >= 4 is 21.6 Å². The van der Waals surface area contributed by atoms with Crippen LogP contribution < -0.4 is 9.62 Å². The van der Waals surface area contributed by atoms with Gasteiger partial charge in [0.15, 0.2) is 0 Å². The summed E-state index contributed by atoms with van der Waals surface area (Å²) < 4.78 is 32.6. The van der Waals surface area contributed by atoms with E-state index in [-0.39, 0.29) is 10.8 Å². The van der Waals surface area contributed by atoms with Gasteiger partial charge in [0.1, 0.15) is 0 Å². The minimum atomic E-state index is -3.73. The molecule has 0 saturated carbocycles. The van der Waals surface area contributed by atoms with E-state index in [1.54, 1.807) is 48.5 Å². The molecule has 0 unspecified atom stereocenters. The second-order valence-electron chi connectivity index (χ2n) is 8.72. The van der Waals surface area contributed by atoms with Crippen LogP contribution in [0.1, 0.15) is 27.0 Å². The fourth-order valence-electron chi connectivity index (χ4n) is 3.91. The Morgan fingerprint density at radius 2 is 1.63 bits per heavy atom. The zero-order valence-corrected chi connectivity index (χ0v) is 20.9. The number of rotatable bonds is 8. The Labute approximate surface area is 207 Å². The lowest BCUT2D eigenvalue weighted by Crippen LogP contribution is -2.35. The third kappa shape index (κ3) is 6.28. The topological polar surface area (TPSA) is 79.0 Å². The molecule has 1 aliphatic rings. The first-order chi connectivity index (χ1) is 16.8. The molecule has 3 aromatic rings. The number of aryl methyl sites for hydroxylation is 1. The van der Waals surface area contributed by atoms with E-state index in [0.29, 0.717) is 17.8 Å². The van der Waals surface area contributed by atoms with Gasteiger partial charge >= 0.3 is 0 Å². The molecule has 7 nitrogen and oxygen atoms in total. The smallest absolute Gasteiger partial charge is 0.264 e. The van der Waals surface area contributed by atoms with Crippen LogP contribution >= 0.6 is 0 Å². The first kappa shape index (κ1) is 24.9. The number of anilines is 1. The highest BCUT2D eigenvalue weighted by molar-refractivity contribution is 7.92. The fraction of sp³-hybridized carbons (Fsp3) is 0.296. The molecule has 1 heterocycles. The van der Waals surface area contributed by atoms with Gasteiger partial charge in [0.05, 0.1) is 23.8 Å². The van der Waals surface area contributed by atoms with Crippen LogP contribution in [0.2, 0.25) is 0 Å². The van der Waals surface area contributed by atoms with Gasteiger partial charge in [0.2, 0.25) is 0 Å². The van der Waals surface area contributed by atoms with Crippen LogP contribution in [-0.2, 0) is 27.8 Å². The molecule has 35 heavy (non-hydrogen) atoms. The Balaban J connectivity index is 1.37. The summed E-state index contributed by atoms with van der Waals surface area (Å²) in [4.78, 5) is 15.4. The van der Waals surface area contributed by atoms with Crippen molar-refractivity contribution in [3.8, 4) is 0 Å². The SMILES string of the molecule is Cc1ccc(S(=O)(=O)N(C)c2cccc(C(=O)NCc3ccc(CN4CCOCC4)cc3)c2)cc1. The summed E-state index contributed by atoms with van der Waals surface area (Å²) in [6.07, 6.45) is 0. The van der Waals surface area contributed by atoms with Gasteiger partial charge in [-0.15, -0.1) is 0 Å². The molecule has 0 bridgehead atoms. The Hall–Kier alpha value is -3.20. The van der Waals surface area contributed by atoms with Crippen LogP contribution in [0.4, 0.5) is 5.69 Å². The summed E-state index contributed by atoms with van der Waals surface area (Å²) in [7, 11) is -2.24. The molecule has 4 rings (SSSR count). The number of carbonyl (C=O) groups excluding carboxylic acids is 1. The third-order valence-electron chi connectivity index (χ3n) is 6.14. The average molecular weight is 494 g/mol. The first-order valence-corrected chi connectivity index (χ1v) is 13.1. The van der Waals surface area contributed by atoms with E-state index in [4.69, 9.17) is 4.74 Å². The van der Waals surface area contributed by atoms with Crippen LogP contribution in [0.5, 0.6) is 0 Å². The summed E-state index contributed by atoms with van der Waals surface area (Å²) in [5.41, 5.74) is 4.03. The zero-order chi connectivity index (χ0) is 24.8. The first-order valence-electron chi connectivity index (χ1n) is 11.6. The molecule has 0 aliphatic carbocycles. The van der Waals surface area contributed by atoms with Gasteiger partial charge in [-0.1, -0.05) is 48.0 Å². The highest BCUT2D eigenvalue weighted by Crippen LogP contribution is 2.23. The van der Waals surface area contributed by atoms with Crippen molar-refractivity contribution in [1.29, 1.82) is 0 Å². The number of nitrogens with zero attached hydrogens (tertiary/aromatic N) is 2. The predicted molar refractivity (Wildman–Crippen MR) is 137 cm³/mol. The molecule has 184 valence electrons. The molecular formula is C27H31N3O4S. The number of nitrogens with one attached hydrogen (secondary N) is 1. The molecule has 1 amide bonds. The lowest BCUT2D eigenvalue weighted by atomic mass is 10.1. The highest BCUT2D eigenvalue weighted by atomic mass is 32.2. The lowest BCUT2D eigenvalue weighted by Gasteiger charge is -2.26. The molecule has 8 heteroatoms. The van der Waals surface area contributed by atoms with Crippen molar-refractivity contribution in [3.63, 3.8) is 0 Å². The highest BCUT2D eigenvalue weighted by Gasteiger charge is 2.22. The van der Waals surface area contributed by atoms with E-state index in [1.807, 2.05) is 19.1 Å². The molecule has 3 aromatic carbocycles. The molecule has 1 aliphatic heterocycles. The van der Waals surface area contributed by atoms with E-state index >= 15 is 0 Å². The van der Waals surface area contributed by atoms with Crippen molar-refractivity contribution in [1.82, 2.24) is 10.2 Å². The van der Waals surface area contributed by atoms with E-state index < -0.39 is 10.0 Å². The third-order valence-corrected chi connectivity index (χ3v) is 7.94. The number of hydrogen-bond acceptors (Lipinski definition) is 5. The minimum Gasteiger partial charge on any atom is -0.379 e. The zero-order valence-electron chi connectivity index (χ0n) is 20.1. The van der Waals surface area contributed by atoms with Crippen LogP contribution in [0, 0.1) is 6.92 Å². The quantitative estimate of drug-likeness (QED) is 0.519. The van der Waals surface area contributed by atoms with E-state index in [0.717, 1.165) is 44.0 Å². The maximum absolute atomic E-state index is 13.0. The summed E-state index contributed by atoms with van der Waals surface area (Å²) >= 11 is 0. The summed E-state index contributed by atoms with van der Waals surface area (Å²) in [6.45, 7) is 6.62. The maximum Gasteiger partial charge on any atom is 0.264 e. The van der Waals surface area contributed by atoms with Gasteiger partial charge in [-0.05, 0) is 48.4 Å². The van der Waals surface area contributed by atoms with Crippen molar-refractivity contribution in [3.05, 3.63) is 95.1 Å². The molecule has 0 aromatic heterocycles. The van der Waals surface area contributed by atoms with Crippen LogP contribution in [0.3, 0.4) is 0 Å². The fourth-order valence-corrected chi connectivity index (χ4v) is 5.10. The Kier molecular flexibility index (Phi) is 7.85. The van der Waals surface area contributed by atoms with Crippen LogP contribution in [-0.4, -0.2) is 52.6 Å². The predicted octanol–water partition coefficient (Wildman–Crippen LogP) is 3.58. The number of benzene rings is 3. The van der Waals surface area contributed by atoms with Crippen molar-refractivity contribution in [2.75, 3.05) is 37.7 Å². The number of morpholine rings is 1. The molecule has 0 spiro atoms. The molecular weight excluding hydrogens is 462 g/mol. The Bertz CT molecular complexity index is 1250. The van der Waals surface area contributed by atoms with Gasteiger partial charge in [0, 0.05) is 38.8 Å². The van der Waals surface area contributed by atoms with Gasteiger partial charge in [-0.3, -0.25) is 14.0 Å². The van der Waals surface area contributed by atoms with Gasteiger partial charge < -0.3 is 10.1 Å².